The summed E-state index contributed by atoms with van der Waals surface area (Å²) in [7, 11) is 1.70. The molecule has 6 aromatic rings. The third-order valence-corrected chi connectivity index (χ3v) is 6.68. The maximum absolute atomic E-state index is 14.3. The molecule has 0 aliphatic carbocycles. The molecule has 0 amide bonds. The molecule has 0 fully saturated rings. The van der Waals surface area contributed by atoms with E-state index in [1.54, 1.807) is 30.1 Å². The fourth-order valence-corrected chi connectivity index (χ4v) is 4.82. The Morgan fingerprint density at radius 2 is 1.71 bits per heavy atom. The number of aromatic nitrogens is 5. The number of benzene rings is 2. The van der Waals surface area contributed by atoms with E-state index in [1.807, 2.05) is 73.7 Å². The summed E-state index contributed by atoms with van der Waals surface area (Å²) >= 11 is 0. The number of aryl methyl sites for hydroxylation is 1. The van der Waals surface area contributed by atoms with Gasteiger partial charge in [-0.15, -0.1) is 0 Å². The molecule has 0 bridgehead atoms. The quantitative estimate of drug-likeness (QED) is 0.363. The highest BCUT2D eigenvalue weighted by Crippen LogP contribution is 2.30. The van der Waals surface area contributed by atoms with E-state index in [2.05, 4.69) is 20.3 Å². The van der Waals surface area contributed by atoms with Gasteiger partial charge in [0.15, 0.2) is 5.82 Å². The smallest absolute Gasteiger partial charge is 0.263 e. The highest BCUT2D eigenvalue weighted by Gasteiger charge is 2.20. The monoisotopic (exact) mass is 500 g/mol. The van der Waals surface area contributed by atoms with Gasteiger partial charge >= 0.3 is 0 Å². The summed E-state index contributed by atoms with van der Waals surface area (Å²) in [5.41, 5.74) is 4.24. The van der Waals surface area contributed by atoms with E-state index in [0.717, 1.165) is 33.4 Å². The number of hydrogen-bond donors (Lipinski definition) is 1. The number of nitrogens with zero attached hydrogens (tertiary/aromatic N) is 5. The number of pyridine rings is 3. The van der Waals surface area contributed by atoms with E-state index in [1.165, 1.54) is 17.0 Å². The van der Waals surface area contributed by atoms with Crippen molar-refractivity contribution >= 4 is 27.6 Å². The number of hydrogen-bond acceptors (Lipinski definition) is 6. The van der Waals surface area contributed by atoms with Crippen molar-refractivity contribution in [2.45, 2.75) is 13.0 Å². The summed E-state index contributed by atoms with van der Waals surface area (Å²) in [6, 6.07) is 24.1. The van der Waals surface area contributed by atoms with Crippen molar-refractivity contribution in [1.82, 2.24) is 24.1 Å². The van der Waals surface area contributed by atoms with E-state index >= 15 is 0 Å². The lowest BCUT2D eigenvalue weighted by Crippen LogP contribution is -2.26. The van der Waals surface area contributed by atoms with Gasteiger partial charge in [-0.3, -0.25) is 19.1 Å². The first-order valence-electron chi connectivity index (χ1n) is 12.2. The molecule has 0 aliphatic rings. The molecular weight excluding hydrogens is 476 g/mol. The molecule has 8 nitrogen and oxygen atoms in total. The molecule has 0 radical (unpaired) electrons. The topological polar surface area (TPSA) is 94.7 Å². The predicted octanol–water partition coefficient (Wildman–Crippen LogP) is 4.87. The lowest BCUT2D eigenvalue weighted by atomic mass is 9.98. The van der Waals surface area contributed by atoms with Crippen molar-refractivity contribution < 1.29 is 0 Å². The second kappa shape index (κ2) is 9.40. The van der Waals surface area contributed by atoms with Crippen molar-refractivity contribution in [2.24, 2.45) is 7.05 Å². The lowest BCUT2D eigenvalue weighted by molar-refractivity contribution is 0.774. The Morgan fingerprint density at radius 1 is 0.868 bits per heavy atom. The van der Waals surface area contributed by atoms with Crippen LogP contribution in [0.5, 0.6) is 0 Å². The van der Waals surface area contributed by atoms with Gasteiger partial charge in [-0.1, -0.05) is 36.4 Å². The normalized spacial score (nSPS) is 12.1. The summed E-state index contributed by atoms with van der Waals surface area (Å²) in [6.07, 6.45) is 4.97. The summed E-state index contributed by atoms with van der Waals surface area (Å²) < 4.78 is 3.26. The number of rotatable bonds is 5. The van der Waals surface area contributed by atoms with Crippen LogP contribution in [0.2, 0.25) is 0 Å². The van der Waals surface area contributed by atoms with Crippen LogP contribution in [0.3, 0.4) is 0 Å². The molecule has 0 spiro atoms. The molecule has 1 unspecified atom stereocenters. The van der Waals surface area contributed by atoms with Crippen molar-refractivity contribution in [3.63, 3.8) is 0 Å². The average molecular weight is 501 g/mol. The van der Waals surface area contributed by atoms with Crippen molar-refractivity contribution in [3.8, 4) is 16.8 Å². The first-order chi connectivity index (χ1) is 18.5. The summed E-state index contributed by atoms with van der Waals surface area (Å²) in [4.78, 5) is 39.5. The second-order valence-electron chi connectivity index (χ2n) is 9.14. The molecule has 1 N–H and O–H groups in total. The number of anilines is 1. The highest BCUT2D eigenvalue weighted by molar-refractivity contribution is 5.96. The fourth-order valence-electron chi connectivity index (χ4n) is 4.82. The summed E-state index contributed by atoms with van der Waals surface area (Å²) in [5.74, 6) is 0.592. The van der Waals surface area contributed by atoms with Gasteiger partial charge in [-0.2, -0.15) is 0 Å². The fraction of sp³-hybridized carbons (Fsp3) is 0.100. The number of fused-ring (bicyclic) bond motifs is 2. The van der Waals surface area contributed by atoms with E-state index in [0.29, 0.717) is 16.7 Å². The maximum Gasteiger partial charge on any atom is 0.263 e. The third kappa shape index (κ3) is 4.02. The average Bonchev–Trinajstić information content (AvgIpc) is 2.94. The van der Waals surface area contributed by atoms with Gasteiger partial charge < -0.3 is 9.88 Å². The lowest BCUT2D eigenvalue weighted by Gasteiger charge is -2.22. The van der Waals surface area contributed by atoms with Crippen LogP contribution in [0, 0.1) is 0 Å². The zero-order chi connectivity index (χ0) is 26.2. The zero-order valence-corrected chi connectivity index (χ0v) is 20.9. The SMILES string of the molecule is CC(Nc1ncnc2cccnc12)c1cc2cccc(-c3ccc(=O)n(C)c3)c2c(=O)n1-c1ccccc1. The van der Waals surface area contributed by atoms with Gasteiger partial charge in [0.25, 0.3) is 5.56 Å². The van der Waals surface area contributed by atoms with Crippen LogP contribution in [0.25, 0.3) is 38.6 Å². The van der Waals surface area contributed by atoms with Crippen LogP contribution < -0.4 is 16.4 Å². The van der Waals surface area contributed by atoms with Gasteiger partial charge in [-0.05, 0) is 59.8 Å². The molecule has 186 valence electrons. The molecule has 4 heterocycles. The van der Waals surface area contributed by atoms with Crippen molar-refractivity contribution in [3.05, 3.63) is 124 Å². The second-order valence-corrected chi connectivity index (χ2v) is 9.14. The molecule has 6 rings (SSSR count). The zero-order valence-electron chi connectivity index (χ0n) is 20.9. The Morgan fingerprint density at radius 3 is 2.53 bits per heavy atom. The van der Waals surface area contributed by atoms with Gasteiger partial charge in [-0.25, -0.2) is 9.97 Å². The third-order valence-electron chi connectivity index (χ3n) is 6.68. The largest absolute Gasteiger partial charge is 0.360 e. The Balaban J connectivity index is 1.57. The summed E-state index contributed by atoms with van der Waals surface area (Å²) in [5, 5.41) is 4.84. The van der Waals surface area contributed by atoms with Gasteiger partial charge in [0.1, 0.15) is 11.8 Å². The summed E-state index contributed by atoms with van der Waals surface area (Å²) in [6.45, 7) is 1.99. The van der Waals surface area contributed by atoms with Crippen LogP contribution in [0.15, 0.2) is 107 Å². The molecule has 0 saturated carbocycles. The van der Waals surface area contributed by atoms with E-state index in [9.17, 15) is 9.59 Å². The van der Waals surface area contributed by atoms with E-state index in [-0.39, 0.29) is 17.2 Å². The van der Waals surface area contributed by atoms with Gasteiger partial charge in [0, 0.05) is 36.9 Å². The Hall–Kier alpha value is -5.11. The Labute approximate surface area is 217 Å². The van der Waals surface area contributed by atoms with Crippen LogP contribution in [-0.4, -0.2) is 24.1 Å². The molecular formula is C30H24N6O2. The molecule has 1 atom stereocenters. The Kier molecular flexibility index (Phi) is 5.76. The van der Waals surface area contributed by atoms with Crippen molar-refractivity contribution in [1.29, 1.82) is 0 Å². The minimum absolute atomic E-state index is 0.107. The number of para-hydroxylation sites is 1. The van der Waals surface area contributed by atoms with Gasteiger partial charge in [0.05, 0.1) is 16.9 Å². The minimum Gasteiger partial charge on any atom is -0.360 e. The molecule has 8 heteroatoms. The van der Waals surface area contributed by atoms with E-state index in [4.69, 9.17) is 0 Å². The van der Waals surface area contributed by atoms with E-state index < -0.39 is 0 Å². The maximum atomic E-state index is 14.3. The van der Waals surface area contributed by atoms with Crippen LogP contribution in [0.4, 0.5) is 5.82 Å². The van der Waals surface area contributed by atoms with Gasteiger partial charge in [0.2, 0.25) is 5.56 Å². The van der Waals surface area contributed by atoms with Crippen molar-refractivity contribution in [2.75, 3.05) is 5.32 Å². The number of nitrogens with one attached hydrogen (secondary N) is 1. The van der Waals surface area contributed by atoms with Crippen LogP contribution in [-0.2, 0) is 7.05 Å². The predicted molar refractivity (Wildman–Crippen MR) is 150 cm³/mol. The minimum atomic E-state index is -0.298. The first kappa shape index (κ1) is 23.3. The molecule has 2 aromatic carbocycles. The van der Waals surface area contributed by atoms with Crippen LogP contribution >= 0.6 is 0 Å². The molecule has 38 heavy (non-hydrogen) atoms. The first-order valence-corrected chi connectivity index (χ1v) is 12.2. The standard InChI is InChI=1S/C30H24N6O2/c1-19(34-29-28-24(32-18-33-29)12-7-15-31-28)25-16-20-8-6-11-23(21-13-14-26(37)35(2)17-21)27(20)30(38)36(25)22-9-4-3-5-10-22/h3-19H,1-2H3,(H,32,33,34). The highest BCUT2D eigenvalue weighted by atomic mass is 16.1. The molecule has 0 saturated heterocycles. The Bertz CT molecular complexity index is 1920. The van der Waals surface area contributed by atoms with Crippen LogP contribution in [0.1, 0.15) is 18.7 Å². The molecule has 0 aliphatic heterocycles. The molecule has 4 aromatic heterocycles.